The molecule has 41 heavy (non-hydrogen) atoms. The summed E-state index contributed by atoms with van der Waals surface area (Å²) < 4.78 is 36.1. The summed E-state index contributed by atoms with van der Waals surface area (Å²) in [6.07, 6.45) is 6.12. The van der Waals surface area contributed by atoms with E-state index in [4.69, 9.17) is 14.8 Å². The van der Waals surface area contributed by atoms with Gasteiger partial charge in [-0.1, -0.05) is 44.2 Å². The van der Waals surface area contributed by atoms with Gasteiger partial charge in [-0.3, -0.25) is 0 Å². The molecule has 0 spiro atoms. The van der Waals surface area contributed by atoms with Crippen LogP contribution in [0, 0.1) is 18.8 Å². The number of ether oxygens (including phenoxy) is 1. The predicted molar refractivity (Wildman–Crippen MR) is 158 cm³/mol. The number of aliphatic imine (C=N–C) groups is 1. The largest absolute Gasteiger partial charge is 0.465 e. The highest BCUT2D eigenvalue weighted by molar-refractivity contribution is 7.93. The molecule has 6 rings (SSSR count). The molecule has 0 saturated carbocycles. The second-order valence-corrected chi connectivity index (χ2v) is 13.0. The van der Waals surface area contributed by atoms with Gasteiger partial charge in [0.15, 0.2) is 5.82 Å². The number of aryl methyl sites for hydroxylation is 1. The lowest BCUT2D eigenvalue weighted by atomic mass is 9.94. The van der Waals surface area contributed by atoms with Crippen LogP contribution in [0.3, 0.4) is 0 Å². The van der Waals surface area contributed by atoms with Crippen molar-refractivity contribution in [2.75, 3.05) is 20.2 Å². The van der Waals surface area contributed by atoms with Gasteiger partial charge in [0.1, 0.15) is 5.84 Å². The Morgan fingerprint density at radius 2 is 1.66 bits per heavy atom. The van der Waals surface area contributed by atoms with Crippen LogP contribution in [0.25, 0.3) is 5.69 Å². The summed E-state index contributed by atoms with van der Waals surface area (Å²) in [6, 6.07) is 16.6. The maximum Gasteiger partial charge on any atom is 0.337 e. The molecule has 0 N–H and O–H groups in total. The van der Waals surface area contributed by atoms with Gasteiger partial charge >= 0.3 is 5.97 Å². The summed E-state index contributed by atoms with van der Waals surface area (Å²) in [5.41, 5.74) is 3.82. The quantitative estimate of drug-likeness (QED) is 0.395. The van der Waals surface area contributed by atoms with Crippen LogP contribution in [-0.4, -0.2) is 59.4 Å². The zero-order chi connectivity index (χ0) is 28.9. The van der Waals surface area contributed by atoms with Crippen molar-refractivity contribution in [1.82, 2.24) is 19.0 Å². The van der Waals surface area contributed by atoms with E-state index in [-0.39, 0.29) is 4.91 Å². The lowest BCUT2D eigenvalue weighted by Gasteiger charge is -2.38. The number of carbonyl (C=O) groups excluding carboxylic acids is 1. The van der Waals surface area contributed by atoms with Gasteiger partial charge in [0.25, 0.3) is 0 Å². The summed E-state index contributed by atoms with van der Waals surface area (Å²) in [4.78, 5) is 19.3. The summed E-state index contributed by atoms with van der Waals surface area (Å²) in [5.74, 6) is 1.46. The van der Waals surface area contributed by atoms with Gasteiger partial charge in [-0.15, -0.1) is 0 Å². The molecular formula is C31H33N5O4S. The van der Waals surface area contributed by atoms with Crippen molar-refractivity contribution in [3.05, 3.63) is 100 Å². The van der Waals surface area contributed by atoms with Crippen molar-refractivity contribution in [3.8, 4) is 5.69 Å². The molecule has 3 aliphatic rings. The van der Waals surface area contributed by atoms with Crippen molar-refractivity contribution in [2.24, 2.45) is 16.8 Å². The normalized spacial score (nSPS) is 22.4. The zero-order valence-corrected chi connectivity index (χ0v) is 24.4. The predicted octanol–water partition coefficient (Wildman–Crippen LogP) is 5.12. The summed E-state index contributed by atoms with van der Waals surface area (Å²) in [7, 11) is -2.37. The fourth-order valence-electron chi connectivity index (χ4n) is 6.09. The molecule has 3 atom stereocenters. The number of nitrogens with zero attached hydrogens (tertiary/aromatic N) is 5. The molecule has 2 aromatic carbocycles. The van der Waals surface area contributed by atoms with E-state index in [1.165, 1.54) is 7.11 Å². The van der Waals surface area contributed by atoms with Gasteiger partial charge in [0, 0.05) is 24.9 Å². The van der Waals surface area contributed by atoms with E-state index in [2.05, 4.69) is 13.8 Å². The van der Waals surface area contributed by atoms with Crippen LogP contribution in [0.15, 0.2) is 82.8 Å². The first-order valence-electron chi connectivity index (χ1n) is 13.8. The monoisotopic (exact) mass is 571 g/mol. The van der Waals surface area contributed by atoms with E-state index < -0.39 is 22.0 Å². The van der Waals surface area contributed by atoms with E-state index in [9.17, 15) is 13.2 Å². The molecule has 0 amide bonds. The number of amidine groups is 1. The molecule has 3 aromatic rings. The number of para-hydroxylation sites is 1. The minimum atomic E-state index is -3.72. The van der Waals surface area contributed by atoms with Gasteiger partial charge < -0.3 is 9.64 Å². The van der Waals surface area contributed by atoms with Crippen molar-refractivity contribution >= 4 is 27.6 Å². The Balaban J connectivity index is 1.48. The first-order valence-corrected chi connectivity index (χ1v) is 15.2. The number of rotatable bonds is 5. The summed E-state index contributed by atoms with van der Waals surface area (Å²) in [5, 5.41) is 4.85. The Morgan fingerprint density at radius 1 is 0.976 bits per heavy atom. The number of aromatic nitrogens is 2. The molecule has 0 aliphatic carbocycles. The second kappa shape index (κ2) is 10.4. The number of hydrogen-bond donors (Lipinski definition) is 0. The van der Waals surface area contributed by atoms with Gasteiger partial charge in [-0.05, 0) is 67.2 Å². The zero-order valence-electron chi connectivity index (χ0n) is 23.6. The minimum absolute atomic E-state index is 0.227. The van der Waals surface area contributed by atoms with Crippen LogP contribution >= 0.6 is 0 Å². The molecular weight excluding hydrogens is 538 g/mol. The van der Waals surface area contributed by atoms with Gasteiger partial charge in [-0.2, -0.15) is 9.40 Å². The number of hydrogen-bond acceptors (Lipinski definition) is 7. The van der Waals surface area contributed by atoms with Crippen molar-refractivity contribution in [3.63, 3.8) is 0 Å². The van der Waals surface area contributed by atoms with Gasteiger partial charge in [0.05, 0.1) is 35.0 Å². The van der Waals surface area contributed by atoms with Gasteiger partial charge in [-0.25, -0.2) is 22.9 Å². The number of piperidine rings is 1. The maximum absolute atomic E-state index is 13.9. The molecule has 4 heterocycles. The molecule has 1 saturated heterocycles. The average molecular weight is 572 g/mol. The highest BCUT2D eigenvalue weighted by Gasteiger charge is 2.39. The fourth-order valence-corrected chi connectivity index (χ4v) is 7.78. The van der Waals surface area contributed by atoms with Crippen molar-refractivity contribution < 1.29 is 17.9 Å². The highest BCUT2D eigenvalue weighted by atomic mass is 32.2. The third-order valence-electron chi connectivity index (χ3n) is 7.90. The average Bonchev–Trinajstić information content (AvgIpc) is 3.30. The van der Waals surface area contributed by atoms with Crippen LogP contribution in [0.5, 0.6) is 0 Å². The number of benzene rings is 2. The van der Waals surface area contributed by atoms with E-state index >= 15 is 0 Å². The van der Waals surface area contributed by atoms with Crippen molar-refractivity contribution in [2.45, 2.75) is 33.2 Å². The smallest absolute Gasteiger partial charge is 0.337 e. The Hall–Kier alpha value is -4.02. The van der Waals surface area contributed by atoms with Crippen LogP contribution in [0.1, 0.15) is 53.5 Å². The van der Waals surface area contributed by atoms with E-state index in [0.717, 1.165) is 28.9 Å². The van der Waals surface area contributed by atoms with Crippen LogP contribution < -0.4 is 0 Å². The SMILES string of the molecule is COC(=O)c1ccc([C@@H]2c3c(C)nn(-c4ccccc4)c3N=C3C=CC(S(=O)(=O)N4C[C@H](C)C[C@@H](C)C4)=CN32)cc1. The molecule has 10 heteroatoms. The number of sulfonamides is 1. The Bertz CT molecular complexity index is 1680. The van der Waals surface area contributed by atoms with Gasteiger partial charge in [0.2, 0.25) is 10.0 Å². The molecule has 9 nitrogen and oxygen atoms in total. The standard InChI is InChI=1S/C31H33N5O4S/c1-20-16-21(2)18-34(17-20)41(38,39)26-14-15-27-32-30-28(22(3)33-36(30)25-8-6-5-7-9-25)29(35(27)19-26)23-10-12-24(13-11-23)31(37)40-4/h5-15,19-21,29H,16-18H2,1-4H3/t20-,21-,29-/m1/s1. The number of fused-ring (bicyclic) bond motifs is 2. The fraction of sp³-hybridized carbons (Fsp3) is 0.323. The first-order chi connectivity index (χ1) is 19.7. The minimum Gasteiger partial charge on any atom is -0.465 e. The van der Waals surface area contributed by atoms with E-state index in [0.29, 0.717) is 42.1 Å². The van der Waals surface area contributed by atoms with E-state index in [1.54, 1.807) is 34.8 Å². The molecule has 212 valence electrons. The second-order valence-electron chi connectivity index (χ2n) is 11.1. The van der Waals surface area contributed by atoms with Crippen LogP contribution in [0.4, 0.5) is 5.82 Å². The molecule has 1 aromatic heterocycles. The third kappa shape index (κ3) is 4.81. The van der Waals surface area contributed by atoms with Crippen LogP contribution in [0.2, 0.25) is 0 Å². The Labute approximate surface area is 240 Å². The maximum atomic E-state index is 13.9. The lowest BCUT2D eigenvalue weighted by Crippen LogP contribution is -2.44. The molecule has 3 aliphatic heterocycles. The number of methoxy groups -OCH3 is 1. The number of allylic oxidation sites excluding steroid dienone is 1. The summed E-state index contributed by atoms with van der Waals surface area (Å²) >= 11 is 0. The topological polar surface area (TPSA) is 97.1 Å². The highest BCUT2D eigenvalue weighted by Crippen LogP contribution is 2.44. The van der Waals surface area contributed by atoms with Crippen molar-refractivity contribution in [1.29, 1.82) is 0 Å². The Kier molecular flexibility index (Phi) is 6.91. The molecule has 0 radical (unpaired) electrons. The molecule has 0 bridgehead atoms. The number of esters is 1. The van der Waals surface area contributed by atoms with Crippen LogP contribution in [-0.2, 0) is 14.8 Å². The van der Waals surface area contributed by atoms with E-state index in [1.807, 2.05) is 59.0 Å². The Morgan fingerprint density at radius 3 is 2.32 bits per heavy atom. The lowest BCUT2D eigenvalue weighted by molar-refractivity contribution is 0.0600. The summed E-state index contributed by atoms with van der Waals surface area (Å²) in [6.45, 7) is 7.14. The first kappa shape index (κ1) is 27.2. The number of carbonyl (C=O) groups is 1. The molecule has 1 fully saturated rings. The molecule has 0 unspecified atom stereocenters. The third-order valence-corrected chi connectivity index (χ3v) is 9.72.